The highest BCUT2D eigenvalue weighted by atomic mass is 19.1. The van der Waals surface area contributed by atoms with Crippen molar-refractivity contribution in [1.82, 2.24) is 14.7 Å². The van der Waals surface area contributed by atoms with Crippen LogP contribution in [0.2, 0.25) is 0 Å². The maximum Gasteiger partial charge on any atom is 0.196 e. The summed E-state index contributed by atoms with van der Waals surface area (Å²) < 4.78 is 13.1. The fourth-order valence-electron chi connectivity index (χ4n) is 4.64. The minimum Gasteiger partial charge on any atom is -0.510 e. The van der Waals surface area contributed by atoms with Gasteiger partial charge in [-0.2, -0.15) is 0 Å². The summed E-state index contributed by atoms with van der Waals surface area (Å²) >= 11 is 0. The lowest BCUT2D eigenvalue weighted by atomic mass is 9.88. The summed E-state index contributed by atoms with van der Waals surface area (Å²) in [4.78, 5) is 31.8. The standard InChI is InChI=1S/C23H28FN3O3/c1-25-15-27-14-19(28)6-7-21(27)23(30)20(25)10-13-26-11-8-17(9-12-26)22(29)16-2-4-18(24)5-3-16/h2-7,17,20,28H,8-15H2,1H3. The van der Waals surface area contributed by atoms with Gasteiger partial charge in [-0.3, -0.25) is 14.5 Å². The molecule has 0 radical (unpaired) electrons. The van der Waals surface area contributed by atoms with Crippen LogP contribution in [0.25, 0.3) is 0 Å². The van der Waals surface area contributed by atoms with Crippen LogP contribution in [0.5, 0.6) is 0 Å². The molecule has 4 rings (SSSR count). The van der Waals surface area contributed by atoms with Crippen molar-refractivity contribution in [2.45, 2.75) is 25.3 Å². The first-order valence-electron chi connectivity index (χ1n) is 10.5. The number of aliphatic hydroxyl groups is 1. The number of likely N-dealkylation sites (N-methyl/N-ethyl adjacent to an activating group) is 1. The highest BCUT2D eigenvalue weighted by Crippen LogP contribution is 2.26. The van der Waals surface area contributed by atoms with Gasteiger partial charge in [-0.05, 0) is 75.8 Å². The number of allylic oxidation sites excluding steroid dienone is 2. The number of rotatable bonds is 5. The Morgan fingerprint density at radius 1 is 1.17 bits per heavy atom. The zero-order chi connectivity index (χ0) is 21.3. The van der Waals surface area contributed by atoms with E-state index in [0.717, 1.165) is 38.9 Å². The van der Waals surface area contributed by atoms with E-state index < -0.39 is 0 Å². The third-order valence-corrected chi connectivity index (χ3v) is 6.41. The molecule has 0 aromatic heterocycles. The maximum atomic E-state index is 13.1. The van der Waals surface area contributed by atoms with Crippen LogP contribution in [0.1, 0.15) is 29.6 Å². The molecule has 160 valence electrons. The molecule has 1 atom stereocenters. The van der Waals surface area contributed by atoms with E-state index in [1.807, 2.05) is 16.8 Å². The summed E-state index contributed by atoms with van der Waals surface area (Å²) in [5, 5.41) is 9.70. The lowest BCUT2D eigenvalue weighted by Crippen LogP contribution is -2.55. The highest BCUT2D eigenvalue weighted by Gasteiger charge is 2.36. The van der Waals surface area contributed by atoms with Gasteiger partial charge in [-0.1, -0.05) is 0 Å². The Labute approximate surface area is 176 Å². The number of aliphatic hydroxyl groups excluding tert-OH is 1. The van der Waals surface area contributed by atoms with Gasteiger partial charge in [0.15, 0.2) is 11.6 Å². The molecule has 0 spiro atoms. The molecule has 30 heavy (non-hydrogen) atoms. The predicted molar refractivity (Wildman–Crippen MR) is 111 cm³/mol. The summed E-state index contributed by atoms with van der Waals surface area (Å²) in [6.07, 6.45) is 5.64. The maximum absolute atomic E-state index is 13.1. The normalized spacial score (nSPS) is 23.7. The molecule has 0 saturated carbocycles. The number of halogens is 1. The van der Waals surface area contributed by atoms with Gasteiger partial charge in [-0.15, -0.1) is 0 Å². The van der Waals surface area contributed by atoms with Crippen LogP contribution in [-0.4, -0.2) is 77.3 Å². The number of carbonyl (C=O) groups is 2. The van der Waals surface area contributed by atoms with Crippen molar-refractivity contribution in [2.75, 3.05) is 39.9 Å². The molecule has 0 aliphatic carbocycles. The predicted octanol–water partition coefficient (Wildman–Crippen LogP) is 2.59. The van der Waals surface area contributed by atoms with Gasteiger partial charge in [0.1, 0.15) is 11.6 Å². The van der Waals surface area contributed by atoms with Gasteiger partial charge in [-0.25, -0.2) is 4.39 Å². The van der Waals surface area contributed by atoms with E-state index in [9.17, 15) is 19.1 Å². The second-order valence-electron chi connectivity index (χ2n) is 8.46. The molecule has 3 heterocycles. The molecule has 7 heteroatoms. The van der Waals surface area contributed by atoms with E-state index in [1.54, 1.807) is 24.3 Å². The summed E-state index contributed by atoms with van der Waals surface area (Å²) in [5.74, 6) is 0.123. The number of benzene rings is 1. The van der Waals surface area contributed by atoms with E-state index in [2.05, 4.69) is 4.90 Å². The molecular formula is C23H28FN3O3. The van der Waals surface area contributed by atoms with E-state index in [0.29, 0.717) is 24.5 Å². The highest BCUT2D eigenvalue weighted by molar-refractivity contribution is 6.00. The van der Waals surface area contributed by atoms with Gasteiger partial charge in [0.25, 0.3) is 0 Å². The van der Waals surface area contributed by atoms with Crippen LogP contribution >= 0.6 is 0 Å². The van der Waals surface area contributed by atoms with E-state index in [-0.39, 0.29) is 35.1 Å². The first-order valence-corrected chi connectivity index (χ1v) is 10.5. The van der Waals surface area contributed by atoms with Crippen LogP contribution in [0.3, 0.4) is 0 Å². The average molecular weight is 413 g/mol. The third-order valence-electron chi connectivity index (χ3n) is 6.41. The smallest absolute Gasteiger partial charge is 0.196 e. The van der Waals surface area contributed by atoms with Crippen LogP contribution in [-0.2, 0) is 4.79 Å². The fraction of sp³-hybridized carbons (Fsp3) is 0.478. The lowest BCUT2D eigenvalue weighted by molar-refractivity contribution is -0.126. The number of Topliss-reactive ketones (excluding diaryl/α,β-unsaturated/α-hetero) is 2. The molecule has 1 unspecified atom stereocenters. The zero-order valence-electron chi connectivity index (χ0n) is 17.3. The van der Waals surface area contributed by atoms with E-state index in [4.69, 9.17) is 0 Å². The molecule has 0 bridgehead atoms. The molecule has 1 aromatic rings. The van der Waals surface area contributed by atoms with Crippen LogP contribution in [0, 0.1) is 11.7 Å². The first-order chi connectivity index (χ1) is 14.4. The Hall–Kier alpha value is -2.51. The fourth-order valence-corrected chi connectivity index (χ4v) is 4.64. The Bertz CT molecular complexity index is 872. The SMILES string of the molecule is CN1CN2CC(O)=CC=C2C(=O)C1CCN1CCC(C(=O)c2ccc(F)cc2)CC1. The Kier molecular flexibility index (Phi) is 6.01. The molecule has 6 nitrogen and oxygen atoms in total. The average Bonchev–Trinajstić information content (AvgIpc) is 2.74. The molecule has 2 fully saturated rings. The monoisotopic (exact) mass is 413 g/mol. The van der Waals surface area contributed by atoms with E-state index >= 15 is 0 Å². The number of carbonyl (C=O) groups excluding carboxylic acids is 2. The van der Waals surface area contributed by atoms with Crippen molar-refractivity contribution in [3.8, 4) is 0 Å². The molecule has 0 amide bonds. The summed E-state index contributed by atoms with van der Waals surface area (Å²) in [6, 6.07) is 5.62. The Balaban J connectivity index is 1.29. The van der Waals surface area contributed by atoms with Gasteiger partial charge >= 0.3 is 0 Å². The van der Waals surface area contributed by atoms with E-state index in [1.165, 1.54) is 12.1 Å². The lowest BCUT2D eigenvalue weighted by Gasteiger charge is -2.42. The molecular weight excluding hydrogens is 385 g/mol. The number of ketones is 2. The summed E-state index contributed by atoms with van der Waals surface area (Å²) in [7, 11) is 1.95. The van der Waals surface area contributed by atoms with Crippen molar-refractivity contribution in [3.05, 3.63) is 59.3 Å². The molecule has 1 N–H and O–H groups in total. The number of hydrogen-bond acceptors (Lipinski definition) is 6. The van der Waals surface area contributed by atoms with Crippen molar-refractivity contribution < 1.29 is 19.1 Å². The first kappa shape index (κ1) is 20.8. The van der Waals surface area contributed by atoms with Crippen LogP contribution in [0.15, 0.2) is 47.9 Å². The van der Waals surface area contributed by atoms with Crippen molar-refractivity contribution in [2.24, 2.45) is 5.92 Å². The number of hydrogen-bond donors (Lipinski definition) is 1. The largest absolute Gasteiger partial charge is 0.510 e. The van der Waals surface area contributed by atoms with Gasteiger partial charge < -0.3 is 14.9 Å². The number of nitrogens with zero attached hydrogens (tertiary/aromatic N) is 3. The second-order valence-corrected chi connectivity index (χ2v) is 8.46. The number of fused-ring (bicyclic) bond motifs is 1. The van der Waals surface area contributed by atoms with Crippen LogP contribution in [0.4, 0.5) is 4.39 Å². The Morgan fingerprint density at radius 2 is 1.87 bits per heavy atom. The third kappa shape index (κ3) is 4.32. The quantitative estimate of drug-likeness (QED) is 0.749. The molecule has 3 aliphatic heterocycles. The van der Waals surface area contributed by atoms with Crippen molar-refractivity contribution in [3.63, 3.8) is 0 Å². The summed E-state index contributed by atoms with van der Waals surface area (Å²) in [6.45, 7) is 3.46. The van der Waals surface area contributed by atoms with Gasteiger partial charge in [0.2, 0.25) is 0 Å². The van der Waals surface area contributed by atoms with Crippen molar-refractivity contribution >= 4 is 11.6 Å². The molecule has 2 saturated heterocycles. The topological polar surface area (TPSA) is 64.1 Å². The van der Waals surface area contributed by atoms with Crippen LogP contribution < -0.4 is 0 Å². The minimum absolute atomic E-state index is 0.0221. The minimum atomic E-state index is -0.330. The second kappa shape index (κ2) is 8.70. The Morgan fingerprint density at radius 3 is 2.57 bits per heavy atom. The van der Waals surface area contributed by atoms with Crippen molar-refractivity contribution in [1.29, 1.82) is 0 Å². The van der Waals surface area contributed by atoms with Gasteiger partial charge in [0, 0.05) is 18.0 Å². The number of likely N-dealkylation sites (tertiary alicyclic amines) is 1. The zero-order valence-corrected chi connectivity index (χ0v) is 17.3. The number of piperidine rings is 1. The molecule has 1 aromatic carbocycles. The van der Waals surface area contributed by atoms with Gasteiger partial charge in [0.05, 0.1) is 25.0 Å². The summed E-state index contributed by atoms with van der Waals surface area (Å²) in [5.41, 5.74) is 1.26. The molecule has 3 aliphatic rings.